The minimum Gasteiger partial charge on any atom is -0.481 e. The Bertz CT molecular complexity index is 1830. The maximum Gasteiger partial charge on any atom is 0.329 e. The molecule has 16 heteroatoms. The highest BCUT2D eigenvalue weighted by Crippen LogP contribution is 2.39. The molecule has 278 valence electrons. The molecule has 9 N–H and O–H groups in total. The minimum atomic E-state index is -4.30. The zero-order valence-electron chi connectivity index (χ0n) is 28.5. The summed E-state index contributed by atoms with van der Waals surface area (Å²) < 4.78 is 11.3. The van der Waals surface area contributed by atoms with E-state index in [0.29, 0.717) is 24.0 Å². The number of nitrogens with one attached hydrogen (secondary N) is 4. The summed E-state index contributed by atoms with van der Waals surface area (Å²) in [4.78, 5) is 95.6. The van der Waals surface area contributed by atoms with Gasteiger partial charge in [-0.1, -0.05) is 86.0 Å². The molecule has 0 spiro atoms. The van der Waals surface area contributed by atoms with E-state index >= 15 is 0 Å². The van der Waals surface area contributed by atoms with E-state index in [4.69, 9.17) is 5.73 Å². The van der Waals surface area contributed by atoms with Gasteiger partial charge in [0.05, 0.1) is 31.5 Å². The predicted octanol–water partition coefficient (Wildman–Crippen LogP) is 1.76. The molecule has 0 aliphatic heterocycles. The molecule has 0 bridgehead atoms. The molecule has 52 heavy (non-hydrogen) atoms. The SMILES string of the molecule is NC(=O)C[C@H](NC(=O)C1(NC(=O)[C@@H](CC(=O)O)Cc2ccc(CP(=O)(O)O)cc2)CCCCC1)C(=O)NCC(=O)NCc1cccc2ccccc12. The molecule has 4 rings (SSSR count). The van der Waals surface area contributed by atoms with Gasteiger partial charge in [0.2, 0.25) is 29.5 Å². The van der Waals surface area contributed by atoms with Crippen LogP contribution in [0.15, 0.2) is 66.7 Å². The fraction of sp³-hybridized carbons (Fsp3) is 0.389. The van der Waals surface area contributed by atoms with Gasteiger partial charge in [0.15, 0.2) is 0 Å². The van der Waals surface area contributed by atoms with E-state index in [-0.39, 0.29) is 25.8 Å². The topological polar surface area (TPSA) is 254 Å². The Balaban J connectivity index is 1.42. The molecule has 5 amide bonds. The number of carbonyl (C=O) groups excluding carboxylic acids is 5. The van der Waals surface area contributed by atoms with E-state index < -0.39 is 86.1 Å². The summed E-state index contributed by atoms with van der Waals surface area (Å²) in [6.45, 7) is -0.252. The lowest BCUT2D eigenvalue weighted by atomic mass is 9.79. The zero-order valence-corrected chi connectivity index (χ0v) is 29.4. The molecule has 1 aliphatic carbocycles. The number of amides is 5. The van der Waals surface area contributed by atoms with Crippen LogP contribution in [0.5, 0.6) is 0 Å². The van der Waals surface area contributed by atoms with Crippen LogP contribution in [0.3, 0.4) is 0 Å². The van der Waals surface area contributed by atoms with Crippen LogP contribution in [0.25, 0.3) is 10.8 Å². The standard InChI is InChI=1S/C36H44N5O10P/c37-30(42)19-29(34(47)39-21-31(43)38-20-26-9-6-8-25-7-2-3-10-28(25)26)40-35(48)36(15-4-1-5-16-36)41-33(46)27(18-32(44)45)17-23-11-13-24(14-12-23)22-52(49,50)51/h2-3,6-14,27,29H,1,4-5,15-22H2,(H2,37,42)(H,38,43)(H,39,47)(H,40,48)(H,41,46)(H,44,45)(H2,49,50,51)/t27-,29+/m1/s1. The van der Waals surface area contributed by atoms with Crippen molar-refractivity contribution in [3.05, 3.63) is 83.4 Å². The van der Waals surface area contributed by atoms with Gasteiger partial charge in [0.1, 0.15) is 11.6 Å². The lowest BCUT2D eigenvalue weighted by Crippen LogP contribution is -2.64. The molecular formula is C36H44N5O10P. The number of fused-ring (bicyclic) bond motifs is 1. The molecule has 3 aromatic rings. The maximum atomic E-state index is 13.9. The number of benzene rings is 3. The first kappa shape index (κ1) is 39.7. The second-order valence-corrected chi connectivity index (χ2v) is 14.7. The second kappa shape index (κ2) is 17.9. The van der Waals surface area contributed by atoms with E-state index in [9.17, 15) is 48.2 Å². The van der Waals surface area contributed by atoms with Crippen molar-refractivity contribution in [2.75, 3.05) is 6.54 Å². The summed E-state index contributed by atoms with van der Waals surface area (Å²) in [6, 6.07) is 18.0. The van der Waals surface area contributed by atoms with Crippen LogP contribution >= 0.6 is 7.60 Å². The van der Waals surface area contributed by atoms with Gasteiger partial charge in [-0.3, -0.25) is 33.3 Å². The first-order valence-electron chi connectivity index (χ1n) is 16.9. The van der Waals surface area contributed by atoms with Crippen LogP contribution < -0.4 is 27.0 Å². The highest BCUT2D eigenvalue weighted by atomic mass is 31.2. The van der Waals surface area contributed by atoms with E-state index in [1.165, 1.54) is 12.1 Å². The fourth-order valence-electron chi connectivity index (χ4n) is 6.37. The summed E-state index contributed by atoms with van der Waals surface area (Å²) in [5, 5.41) is 22.0. The molecule has 1 fully saturated rings. The summed E-state index contributed by atoms with van der Waals surface area (Å²) in [7, 11) is -4.30. The molecule has 3 aromatic carbocycles. The molecule has 2 atom stereocenters. The molecule has 0 heterocycles. The number of carbonyl (C=O) groups is 6. The smallest absolute Gasteiger partial charge is 0.329 e. The monoisotopic (exact) mass is 737 g/mol. The van der Waals surface area contributed by atoms with Crippen molar-refractivity contribution >= 4 is 53.9 Å². The van der Waals surface area contributed by atoms with Crippen LogP contribution in [-0.4, -0.2) is 68.5 Å². The predicted molar refractivity (Wildman–Crippen MR) is 190 cm³/mol. The first-order chi connectivity index (χ1) is 24.6. The lowest BCUT2D eigenvalue weighted by Gasteiger charge is -2.38. The average Bonchev–Trinajstić information content (AvgIpc) is 3.09. The van der Waals surface area contributed by atoms with Gasteiger partial charge in [-0.15, -0.1) is 0 Å². The Morgan fingerprint density at radius 1 is 0.808 bits per heavy atom. The third kappa shape index (κ3) is 11.7. The van der Waals surface area contributed by atoms with Crippen LogP contribution in [0.2, 0.25) is 0 Å². The van der Waals surface area contributed by atoms with Crippen molar-refractivity contribution in [2.45, 2.75) is 75.7 Å². The van der Waals surface area contributed by atoms with Crippen molar-refractivity contribution in [2.24, 2.45) is 11.7 Å². The Morgan fingerprint density at radius 3 is 2.12 bits per heavy atom. The highest BCUT2D eigenvalue weighted by molar-refractivity contribution is 7.50. The quantitative estimate of drug-likeness (QED) is 0.0932. The van der Waals surface area contributed by atoms with E-state index in [1.807, 2.05) is 42.5 Å². The van der Waals surface area contributed by atoms with Gasteiger partial charge in [-0.2, -0.15) is 0 Å². The van der Waals surface area contributed by atoms with Gasteiger partial charge in [-0.05, 0) is 46.7 Å². The summed E-state index contributed by atoms with van der Waals surface area (Å²) in [6.07, 6.45) is 0.556. The molecule has 1 saturated carbocycles. The van der Waals surface area contributed by atoms with Gasteiger partial charge in [0.25, 0.3) is 0 Å². The zero-order chi connectivity index (χ0) is 37.9. The Morgan fingerprint density at radius 2 is 1.46 bits per heavy atom. The van der Waals surface area contributed by atoms with Crippen molar-refractivity contribution < 1.29 is 48.2 Å². The molecule has 0 radical (unpaired) electrons. The Hall–Kier alpha value is -5.11. The number of aliphatic carboxylic acids is 1. The number of hydrogen-bond acceptors (Lipinski definition) is 7. The van der Waals surface area contributed by atoms with E-state index in [2.05, 4.69) is 21.3 Å². The number of nitrogens with two attached hydrogens (primary N) is 1. The molecule has 0 unspecified atom stereocenters. The number of carboxylic acid groups (broad SMARTS) is 1. The second-order valence-electron chi connectivity index (χ2n) is 13.1. The van der Waals surface area contributed by atoms with E-state index in [0.717, 1.165) is 22.8 Å². The van der Waals surface area contributed by atoms with Gasteiger partial charge < -0.3 is 41.9 Å². The molecule has 1 aliphatic rings. The van der Waals surface area contributed by atoms with Gasteiger partial charge in [-0.25, -0.2) is 0 Å². The third-order valence-electron chi connectivity index (χ3n) is 9.00. The Kier molecular flexibility index (Phi) is 13.7. The number of primary amides is 1. The average molecular weight is 738 g/mol. The number of rotatable bonds is 17. The van der Waals surface area contributed by atoms with Crippen LogP contribution in [0, 0.1) is 5.92 Å². The fourth-order valence-corrected chi connectivity index (χ4v) is 7.06. The van der Waals surface area contributed by atoms with Gasteiger partial charge >= 0.3 is 13.6 Å². The van der Waals surface area contributed by atoms with Crippen LogP contribution in [-0.2, 0) is 52.5 Å². The van der Waals surface area contributed by atoms with Crippen LogP contribution in [0.4, 0.5) is 0 Å². The van der Waals surface area contributed by atoms with Crippen molar-refractivity contribution in [3.8, 4) is 0 Å². The molecular weight excluding hydrogens is 693 g/mol. The summed E-state index contributed by atoms with van der Waals surface area (Å²) in [5.74, 6) is -6.07. The van der Waals surface area contributed by atoms with E-state index in [1.54, 1.807) is 12.1 Å². The number of carboxylic acids is 1. The van der Waals surface area contributed by atoms with Crippen molar-refractivity contribution in [3.63, 3.8) is 0 Å². The summed E-state index contributed by atoms with van der Waals surface area (Å²) >= 11 is 0. The molecule has 0 aromatic heterocycles. The van der Waals surface area contributed by atoms with Crippen molar-refractivity contribution in [1.29, 1.82) is 0 Å². The van der Waals surface area contributed by atoms with Crippen molar-refractivity contribution in [1.82, 2.24) is 21.3 Å². The first-order valence-corrected chi connectivity index (χ1v) is 18.7. The van der Waals surface area contributed by atoms with Crippen LogP contribution in [0.1, 0.15) is 61.6 Å². The normalized spacial score (nSPS) is 15.1. The molecule has 15 nitrogen and oxygen atoms in total. The highest BCUT2D eigenvalue weighted by Gasteiger charge is 2.43. The third-order valence-corrected chi connectivity index (χ3v) is 9.77. The summed E-state index contributed by atoms with van der Waals surface area (Å²) in [5.41, 5.74) is 5.65. The minimum absolute atomic E-state index is 0.0404. The maximum absolute atomic E-state index is 13.9. The largest absolute Gasteiger partial charge is 0.481 e. The van der Waals surface area contributed by atoms with Gasteiger partial charge in [0, 0.05) is 6.54 Å². The number of hydrogen-bond donors (Lipinski definition) is 8. The molecule has 0 saturated heterocycles. The Labute approximate surface area is 300 Å². The lowest BCUT2D eigenvalue weighted by molar-refractivity contribution is -0.143.